The van der Waals surface area contributed by atoms with E-state index in [1.54, 1.807) is 27.2 Å². The zero-order chi connectivity index (χ0) is 14.0. The minimum atomic E-state index is -1.09. The van der Waals surface area contributed by atoms with E-state index >= 15 is 0 Å². The fraction of sp³-hybridized carbons (Fsp3) is 0.286. The van der Waals surface area contributed by atoms with E-state index in [2.05, 4.69) is 10.3 Å². The van der Waals surface area contributed by atoms with Crippen LogP contribution >= 0.6 is 0 Å². The van der Waals surface area contributed by atoms with Crippen molar-refractivity contribution in [2.45, 2.75) is 19.4 Å². The molecule has 0 aliphatic rings. The van der Waals surface area contributed by atoms with E-state index in [-0.39, 0.29) is 0 Å². The second-order valence-electron chi connectivity index (χ2n) is 4.80. The van der Waals surface area contributed by atoms with Gasteiger partial charge in [-0.15, -0.1) is 0 Å². The first-order valence-corrected chi connectivity index (χ1v) is 5.88. The molecule has 0 saturated carbocycles. The maximum Gasteiger partial charge on any atom is 0.328 e. The van der Waals surface area contributed by atoms with Crippen LogP contribution < -0.4 is 10.1 Å². The minimum Gasteiger partial charge on any atom is -0.497 e. The highest BCUT2D eigenvalue weighted by atomic mass is 16.5. The fourth-order valence-corrected chi connectivity index (χ4v) is 1.72. The number of carbonyl (C=O) groups is 1. The molecule has 100 valence electrons. The summed E-state index contributed by atoms with van der Waals surface area (Å²) < 4.78 is 5.18. The second kappa shape index (κ2) is 4.76. The highest BCUT2D eigenvalue weighted by Gasteiger charge is 2.27. The molecule has 0 amide bonds. The Hall–Kier alpha value is -2.30. The van der Waals surface area contributed by atoms with Crippen LogP contribution in [0.5, 0.6) is 5.75 Å². The number of aromatic nitrogens is 1. The van der Waals surface area contributed by atoms with Gasteiger partial charge in [-0.1, -0.05) is 6.07 Å². The Kier molecular flexibility index (Phi) is 3.29. The van der Waals surface area contributed by atoms with Crippen LogP contribution in [0.25, 0.3) is 10.8 Å². The number of rotatable bonds is 4. The van der Waals surface area contributed by atoms with E-state index in [1.165, 1.54) is 0 Å². The molecule has 2 rings (SSSR count). The molecule has 0 aliphatic heterocycles. The standard InChI is InChI=1S/C14H16N2O3/c1-14(2,13(17)18)16-12-11-8-10(19-3)5-4-9(11)6-7-15-12/h4-8H,1-3H3,(H,15,16)(H,17,18). The molecular weight excluding hydrogens is 244 g/mol. The van der Waals surface area contributed by atoms with Crippen molar-refractivity contribution in [3.63, 3.8) is 0 Å². The number of nitrogens with zero attached hydrogens (tertiary/aromatic N) is 1. The van der Waals surface area contributed by atoms with Crippen molar-refractivity contribution in [3.8, 4) is 5.75 Å². The average molecular weight is 260 g/mol. The van der Waals surface area contributed by atoms with Crippen molar-refractivity contribution < 1.29 is 14.6 Å². The maximum absolute atomic E-state index is 11.2. The monoisotopic (exact) mass is 260 g/mol. The molecule has 0 atom stereocenters. The molecule has 0 saturated heterocycles. The molecule has 1 aromatic carbocycles. The molecule has 2 aromatic rings. The van der Waals surface area contributed by atoms with Crippen molar-refractivity contribution in [2.75, 3.05) is 12.4 Å². The van der Waals surface area contributed by atoms with Crippen molar-refractivity contribution in [3.05, 3.63) is 30.5 Å². The van der Waals surface area contributed by atoms with Gasteiger partial charge in [-0.2, -0.15) is 0 Å². The van der Waals surface area contributed by atoms with Crippen LogP contribution in [0.15, 0.2) is 30.5 Å². The summed E-state index contributed by atoms with van der Waals surface area (Å²) in [5, 5.41) is 13.9. The van der Waals surface area contributed by atoms with Gasteiger partial charge in [-0.3, -0.25) is 0 Å². The van der Waals surface area contributed by atoms with Gasteiger partial charge in [0.15, 0.2) is 0 Å². The van der Waals surface area contributed by atoms with Crippen LogP contribution in [0, 0.1) is 0 Å². The molecular formula is C14H16N2O3. The highest BCUT2D eigenvalue weighted by molar-refractivity contribution is 5.94. The quantitative estimate of drug-likeness (QED) is 0.883. The van der Waals surface area contributed by atoms with Gasteiger partial charge in [0.05, 0.1) is 7.11 Å². The summed E-state index contributed by atoms with van der Waals surface area (Å²) in [4.78, 5) is 15.4. The SMILES string of the molecule is COc1ccc2ccnc(NC(C)(C)C(=O)O)c2c1. The van der Waals surface area contributed by atoms with Crippen molar-refractivity contribution in [1.29, 1.82) is 0 Å². The van der Waals surface area contributed by atoms with Crippen LogP contribution in [-0.4, -0.2) is 28.7 Å². The Labute approximate surface area is 111 Å². The smallest absolute Gasteiger partial charge is 0.328 e. The first kappa shape index (κ1) is 13.1. The van der Waals surface area contributed by atoms with E-state index in [4.69, 9.17) is 9.84 Å². The van der Waals surface area contributed by atoms with Gasteiger partial charge in [0.2, 0.25) is 0 Å². The Morgan fingerprint density at radius 1 is 1.37 bits per heavy atom. The van der Waals surface area contributed by atoms with Crippen molar-refractivity contribution in [1.82, 2.24) is 4.98 Å². The number of pyridine rings is 1. The van der Waals surface area contributed by atoms with Crippen LogP contribution in [0.2, 0.25) is 0 Å². The molecule has 0 aliphatic carbocycles. The predicted molar refractivity (Wildman–Crippen MR) is 73.6 cm³/mol. The number of nitrogens with one attached hydrogen (secondary N) is 1. The van der Waals surface area contributed by atoms with Crippen LogP contribution in [0.3, 0.4) is 0 Å². The zero-order valence-electron chi connectivity index (χ0n) is 11.1. The number of methoxy groups -OCH3 is 1. The summed E-state index contributed by atoms with van der Waals surface area (Å²) in [6.07, 6.45) is 1.65. The number of carboxylic acids is 1. The fourth-order valence-electron chi connectivity index (χ4n) is 1.72. The molecule has 0 radical (unpaired) electrons. The first-order valence-electron chi connectivity index (χ1n) is 5.88. The molecule has 1 aromatic heterocycles. The number of benzene rings is 1. The van der Waals surface area contributed by atoms with E-state index in [9.17, 15) is 4.79 Å². The average Bonchev–Trinajstić information content (AvgIpc) is 2.38. The first-order chi connectivity index (χ1) is 8.94. The number of ether oxygens (including phenoxy) is 1. The molecule has 5 heteroatoms. The van der Waals surface area contributed by atoms with E-state index in [0.717, 1.165) is 10.8 Å². The molecule has 2 N–H and O–H groups in total. The molecule has 0 unspecified atom stereocenters. The van der Waals surface area contributed by atoms with Gasteiger partial charge in [0.25, 0.3) is 0 Å². The molecule has 19 heavy (non-hydrogen) atoms. The molecule has 0 bridgehead atoms. The topological polar surface area (TPSA) is 71.5 Å². The third-order valence-electron chi connectivity index (χ3n) is 2.94. The zero-order valence-corrected chi connectivity index (χ0v) is 11.1. The van der Waals surface area contributed by atoms with Crippen molar-refractivity contribution >= 4 is 22.6 Å². The van der Waals surface area contributed by atoms with E-state index in [0.29, 0.717) is 11.6 Å². The van der Waals surface area contributed by atoms with Gasteiger partial charge >= 0.3 is 5.97 Å². The number of hydrogen-bond donors (Lipinski definition) is 2. The summed E-state index contributed by atoms with van der Waals surface area (Å²) in [5.41, 5.74) is -1.09. The van der Waals surface area contributed by atoms with Crippen LogP contribution in [0.4, 0.5) is 5.82 Å². The molecule has 0 fully saturated rings. The Bertz CT molecular complexity index is 623. The predicted octanol–water partition coefficient (Wildman–Crippen LogP) is 2.52. The summed E-state index contributed by atoms with van der Waals surface area (Å²) in [6.45, 7) is 3.19. The minimum absolute atomic E-state index is 0.531. The Morgan fingerprint density at radius 2 is 2.11 bits per heavy atom. The van der Waals surface area contributed by atoms with Gasteiger partial charge < -0.3 is 15.2 Å². The third-order valence-corrected chi connectivity index (χ3v) is 2.94. The van der Waals surface area contributed by atoms with Crippen molar-refractivity contribution in [2.24, 2.45) is 0 Å². The summed E-state index contributed by atoms with van der Waals surface area (Å²) in [5.74, 6) is 0.301. The van der Waals surface area contributed by atoms with E-state index in [1.807, 2.05) is 24.3 Å². The lowest BCUT2D eigenvalue weighted by Crippen LogP contribution is -2.40. The maximum atomic E-state index is 11.2. The Morgan fingerprint density at radius 3 is 2.74 bits per heavy atom. The van der Waals surface area contributed by atoms with Crippen LogP contribution in [0.1, 0.15) is 13.8 Å². The summed E-state index contributed by atoms with van der Waals surface area (Å²) in [7, 11) is 1.59. The van der Waals surface area contributed by atoms with Gasteiger partial charge in [-0.05, 0) is 37.4 Å². The number of fused-ring (bicyclic) bond motifs is 1. The lowest BCUT2D eigenvalue weighted by Gasteiger charge is -2.22. The lowest BCUT2D eigenvalue weighted by atomic mass is 10.1. The highest BCUT2D eigenvalue weighted by Crippen LogP contribution is 2.27. The van der Waals surface area contributed by atoms with E-state index < -0.39 is 11.5 Å². The largest absolute Gasteiger partial charge is 0.497 e. The second-order valence-corrected chi connectivity index (χ2v) is 4.80. The third kappa shape index (κ3) is 2.59. The molecule has 0 spiro atoms. The summed E-state index contributed by atoms with van der Waals surface area (Å²) in [6, 6.07) is 7.47. The normalized spacial score (nSPS) is 11.3. The van der Waals surface area contributed by atoms with Gasteiger partial charge in [-0.25, -0.2) is 9.78 Å². The number of anilines is 1. The molecule has 1 heterocycles. The number of hydrogen-bond acceptors (Lipinski definition) is 4. The van der Waals surface area contributed by atoms with Gasteiger partial charge in [0.1, 0.15) is 17.1 Å². The van der Waals surface area contributed by atoms with Crippen LogP contribution in [-0.2, 0) is 4.79 Å². The summed E-state index contributed by atoms with van der Waals surface area (Å²) >= 11 is 0. The van der Waals surface area contributed by atoms with Gasteiger partial charge in [0, 0.05) is 11.6 Å². The number of aliphatic carboxylic acids is 1. The molecule has 5 nitrogen and oxygen atoms in total. The lowest BCUT2D eigenvalue weighted by molar-refractivity contribution is -0.141. The Balaban J connectivity index is 2.51. The number of carboxylic acid groups (broad SMARTS) is 1.